The first kappa shape index (κ1) is 17.6. The van der Waals surface area contributed by atoms with Crippen molar-refractivity contribution in [1.82, 2.24) is 10.6 Å². The maximum Gasteiger partial charge on any atom is 0.291 e. The third-order valence-electron chi connectivity index (χ3n) is 3.32. The number of hydrogen-bond donors (Lipinski definition) is 3. The second kappa shape index (κ2) is 8.76. The molecular weight excluding hydrogens is 304 g/mol. The molecule has 0 fully saturated rings. The van der Waals surface area contributed by atoms with E-state index in [0.29, 0.717) is 18.2 Å². The third-order valence-corrected chi connectivity index (χ3v) is 3.32. The number of hydrogen-bond acceptors (Lipinski definition) is 3. The summed E-state index contributed by atoms with van der Waals surface area (Å²) in [6.45, 7) is 5.83. The molecule has 0 saturated carbocycles. The normalized spacial score (nSPS) is 11.4. The molecular formula is C18H24N4O2. The van der Waals surface area contributed by atoms with Gasteiger partial charge in [-0.1, -0.05) is 26.0 Å². The fraction of sp³-hybridized carbons (Fsp3) is 0.333. The molecule has 24 heavy (non-hydrogen) atoms. The predicted molar refractivity (Wildman–Crippen MR) is 96.1 cm³/mol. The maximum absolute atomic E-state index is 11.9. The van der Waals surface area contributed by atoms with Crippen LogP contribution in [0.3, 0.4) is 0 Å². The van der Waals surface area contributed by atoms with E-state index in [-0.39, 0.29) is 5.91 Å². The maximum atomic E-state index is 11.9. The van der Waals surface area contributed by atoms with Crippen molar-refractivity contribution in [2.75, 3.05) is 18.9 Å². The van der Waals surface area contributed by atoms with Gasteiger partial charge in [-0.25, -0.2) is 0 Å². The Morgan fingerprint density at radius 1 is 1.17 bits per heavy atom. The number of amides is 1. The fourth-order valence-corrected chi connectivity index (χ4v) is 2.01. The van der Waals surface area contributed by atoms with Gasteiger partial charge in [-0.3, -0.25) is 9.79 Å². The van der Waals surface area contributed by atoms with Crippen LogP contribution in [0.2, 0.25) is 0 Å². The van der Waals surface area contributed by atoms with Crippen molar-refractivity contribution in [3.05, 3.63) is 54.0 Å². The fourth-order valence-electron chi connectivity index (χ4n) is 2.01. The summed E-state index contributed by atoms with van der Waals surface area (Å²) < 4.78 is 5.07. The largest absolute Gasteiger partial charge is 0.459 e. The minimum atomic E-state index is -0.260. The molecule has 6 nitrogen and oxygen atoms in total. The van der Waals surface area contributed by atoms with E-state index < -0.39 is 0 Å². The second-order valence-corrected chi connectivity index (χ2v) is 5.83. The summed E-state index contributed by atoms with van der Waals surface area (Å²) in [4.78, 5) is 16.1. The molecule has 1 aromatic carbocycles. The average Bonchev–Trinajstić information content (AvgIpc) is 3.11. The van der Waals surface area contributed by atoms with Crippen LogP contribution in [0.15, 0.2) is 52.1 Å². The number of anilines is 1. The molecule has 2 rings (SSSR count). The van der Waals surface area contributed by atoms with Gasteiger partial charge in [0.15, 0.2) is 11.7 Å². The Morgan fingerprint density at radius 2 is 1.92 bits per heavy atom. The number of rotatable bonds is 6. The van der Waals surface area contributed by atoms with Crippen LogP contribution in [0, 0.1) is 5.92 Å². The third kappa shape index (κ3) is 5.46. The van der Waals surface area contributed by atoms with Crippen LogP contribution < -0.4 is 16.0 Å². The number of benzene rings is 1. The highest BCUT2D eigenvalue weighted by molar-refractivity contribution is 6.02. The van der Waals surface area contributed by atoms with E-state index >= 15 is 0 Å². The zero-order valence-corrected chi connectivity index (χ0v) is 14.3. The Morgan fingerprint density at radius 3 is 2.50 bits per heavy atom. The number of furan rings is 1. The minimum absolute atomic E-state index is 0.260. The SMILES string of the molecule is CN=C(NCc1ccc(NC(=O)c2ccco2)cc1)NCC(C)C. The molecule has 0 unspecified atom stereocenters. The average molecular weight is 328 g/mol. The number of nitrogens with one attached hydrogen (secondary N) is 3. The van der Waals surface area contributed by atoms with Crippen molar-refractivity contribution in [2.24, 2.45) is 10.9 Å². The van der Waals surface area contributed by atoms with Gasteiger partial charge in [0.1, 0.15) is 0 Å². The van der Waals surface area contributed by atoms with Crippen molar-refractivity contribution < 1.29 is 9.21 Å². The Kier molecular flexibility index (Phi) is 6.42. The van der Waals surface area contributed by atoms with E-state index in [1.54, 1.807) is 19.2 Å². The first-order chi connectivity index (χ1) is 11.6. The quantitative estimate of drug-likeness (QED) is 0.563. The minimum Gasteiger partial charge on any atom is -0.459 e. The first-order valence-electron chi connectivity index (χ1n) is 7.97. The lowest BCUT2D eigenvalue weighted by Crippen LogP contribution is -2.38. The summed E-state index contributed by atoms with van der Waals surface area (Å²) in [6, 6.07) is 11.0. The van der Waals surface area contributed by atoms with E-state index in [1.807, 2.05) is 24.3 Å². The Hall–Kier alpha value is -2.76. The standard InChI is InChI=1S/C18H24N4O2/c1-13(2)11-20-18(19-3)21-12-14-6-8-15(9-7-14)22-17(23)16-5-4-10-24-16/h4-10,13H,11-12H2,1-3H3,(H,22,23)(H2,19,20,21). The molecule has 6 heteroatoms. The summed E-state index contributed by atoms with van der Waals surface area (Å²) in [6.07, 6.45) is 1.48. The van der Waals surface area contributed by atoms with Gasteiger partial charge in [-0.05, 0) is 35.7 Å². The van der Waals surface area contributed by atoms with Crippen LogP contribution >= 0.6 is 0 Å². The van der Waals surface area contributed by atoms with Crippen molar-refractivity contribution in [3.8, 4) is 0 Å². The van der Waals surface area contributed by atoms with E-state index in [1.165, 1.54) is 6.26 Å². The van der Waals surface area contributed by atoms with Gasteiger partial charge in [-0.2, -0.15) is 0 Å². The van der Waals surface area contributed by atoms with Gasteiger partial charge in [0.05, 0.1) is 6.26 Å². The lowest BCUT2D eigenvalue weighted by molar-refractivity contribution is 0.0996. The lowest BCUT2D eigenvalue weighted by Gasteiger charge is -2.13. The van der Waals surface area contributed by atoms with Crippen molar-refractivity contribution in [2.45, 2.75) is 20.4 Å². The number of guanidine groups is 1. The van der Waals surface area contributed by atoms with Crippen molar-refractivity contribution >= 4 is 17.6 Å². The summed E-state index contributed by atoms with van der Waals surface area (Å²) in [5.74, 6) is 1.37. The monoisotopic (exact) mass is 328 g/mol. The summed E-state index contributed by atoms with van der Waals surface area (Å²) in [5.41, 5.74) is 1.82. The van der Waals surface area contributed by atoms with E-state index in [2.05, 4.69) is 34.8 Å². The van der Waals surface area contributed by atoms with Gasteiger partial charge < -0.3 is 20.4 Å². The second-order valence-electron chi connectivity index (χ2n) is 5.83. The summed E-state index contributed by atoms with van der Waals surface area (Å²) in [7, 11) is 1.75. The highest BCUT2D eigenvalue weighted by Crippen LogP contribution is 2.11. The molecule has 0 bridgehead atoms. The first-order valence-corrected chi connectivity index (χ1v) is 7.97. The Bertz CT molecular complexity index is 661. The molecule has 3 N–H and O–H groups in total. The summed E-state index contributed by atoms with van der Waals surface area (Å²) in [5, 5.41) is 9.32. The van der Waals surface area contributed by atoms with Crippen LogP contribution in [0.4, 0.5) is 5.69 Å². The van der Waals surface area contributed by atoms with Gasteiger partial charge in [0.2, 0.25) is 0 Å². The molecule has 0 aliphatic heterocycles. The van der Waals surface area contributed by atoms with Crippen LogP contribution in [-0.4, -0.2) is 25.5 Å². The van der Waals surface area contributed by atoms with Crippen LogP contribution in [0.25, 0.3) is 0 Å². The smallest absolute Gasteiger partial charge is 0.291 e. The molecule has 1 aromatic heterocycles. The van der Waals surface area contributed by atoms with Gasteiger partial charge in [-0.15, -0.1) is 0 Å². The van der Waals surface area contributed by atoms with E-state index in [0.717, 1.165) is 23.8 Å². The number of aliphatic imine (C=N–C) groups is 1. The Balaban J connectivity index is 1.84. The lowest BCUT2D eigenvalue weighted by atomic mass is 10.2. The Labute approximate surface area is 142 Å². The molecule has 0 atom stereocenters. The van der Waals surface area contributed by atoms with E-state index in [9.17, 15) is 4.79 Å². The molecule has 128 valence electrons. The zero-order valence-electron chi connectivity index (χ0n) is 14.3. The van der Waals surface area contributed by atoms with Gasteiger partial charge in [0.25, 0.3) is 5.91 Å². The molecule has 0 saturated heterocycles. The predicted octanol–water partition coefficient (Wildman–Crippen LogP) is 2.85. The van der Waals surface area contributed by atoms with Gasteiger partial charge in [0, 0.05) is 25.8 Å². The highest BCUT2D eigenvalue weighted by Gasteiger charge is 2.08. The number of nitrogens with zero attached hydrogens (tertiary/aromatic N) is 1. The van der Waals surface area contributed by atoms with Crippen LogP contribution in [0.1, 0.15) is 30.0 Å². The molecule has 2 aromatic rings. The summed E-state index contributed by atoms with van der Waals surface area (Å²) >= 11 is 0. The highest BCUT2D eigenvalue weighted by atomic mass is 16.3. The number of carbonyl (C=O) groups excluding carboxylic acids is 1. The molecule has 0 spiro atoms. The van der Waals surface area contributed by atoms with Crippen LogP contribution in [-0.2, 0) is 6.54 Å². The molecule has 0 aliphatic carbocycles. The van der Waals surface area contributed by atoms with E-state index in [4.69, 9.17) is 4.42 Å². The van der Waals surface area contributed by atoms with Gasteiger partial charge >= 0.3 is 0 Å². The van der Waals surface area contributed by atoms with Crippen LogP contribution in [0.5, 0.6) is 0 Å². The zero-order chi connectivity index (χ0) is 17.4. The molecule has 0 aliphatic rings. The van der Waals surface area contributed by atoms with Crippen molar-refractivity contribution in [1.29, 1.82) is 0 Å². The molecule has 0 radical (unpaired) electrons. The topological polar surface area (TPSA) is 78.7 Å². The number of carbonyl (C=O) groups is 1. The molecule has 1 amide bonds. The molecule has 1 heterocycles. The van der Waals surface area contributed by atoms with Crippen molar-refractivity contribution in [3.63, 3.8) is 0 Å².